The number of allylic oxidation sites excluding steroid dienone is 1. The number of amides is 3. The van der Waals surface area contributed by atoms with Crippen LogP contribution in [-0.4, -0.2) is 86.4 Å². The van der Waals surface area contributed by atoms with Gasteiger partial charge in [0.15, 0.2) is 0 Å². The Morgan fingerprint density at radius 1 is 1.12 bits per heavy atom. The van der Waals surface area contributed by atoms with Gasteiger partial charge in [0.2, 0.25) is 17.7 Å². The summed E-state index contributed by atoms with van der Waals surface area (Å²) in [5, 5.41) is 13.2. The fraction of sp³-hybridized carbons (Fsp3) is 0.459. The van der Waals surface area contributed by atoms with E-state index in [0.29, 0.717) is 18.4 Å². The Morgan fingerprint density at radius 2 is 1.79 bits per heavy atom. The van der Waals surface area contributed by atoms with E-state index in [1.165, 1.54) is 4.90 Å². The molecule has 9 atom stereocenters. The number of carbonyl (C=O) groups excluding carboxylic acids is 4. The number of nitrogens with zero attached hydrogens (tertiary/aromatic N) is 2. The highest BCUT2D eigenvalue weighted by Gasteiger charge is 2.77. The molecule has 11 heteroatoms. The number of esters is 1. The second kappa shape index (κ2) is 15.2. The third-order valence-corrected chi connectivity index (χ3v) is 10.5. The first kappa shape index (κ1) is 35.5. The van der Waals surface area contributed by atoms with Crippen LogP contribution in [0.5, 0.6) is 0 Å². The molecule has 3 aliphatic rings. The van der Waals surface area contributed by atoms with Crippen molar-refractivity contribution in [1.82, 2.24) is 15.1 Å². The lowest BCUT2D eigenvalue weighted by molar-refractivity contribution is -0.162. The number of carbonyl (C=O) groups is 4. The molecule has 48 heavy (non-hydrogen) atoms. The van der Waals surface area contributed by atoms with Crippen LogP contribution < -0.4 is 5.32 Å². The normalized spacial score (nSPS) is 27.5. The van der Waals surface area contributed by atoms with Crippen LogP contribution in [0.25, 0.3) is 0 Å². The number of benzene rings is 2. The number of fused-ring (bicyclic) bond motifs is 1. The van der Waals surface area contributed by atoms with Crippen molar-refractivity contribution in [3.8, 4) is 0 Å². The summed E-state index contributed by atoms with van der Waals surface area (Å²) < 4.78 is 12.9. The molecule has 0 aliphatic carbocycles. The molecule has 3 heterocycles. The van der Waals surface area contributed by atoms with Gasteiger partial charge in [-0.2, -0.15) is 0 Å². The molecule has 0 radical (unpaired) electrons. The molecule has 1 spiro atoms. The first-order valence-corrected chi connectivity index (χ1v) is 17.3. The number of aliphatic hydroxyl groups is 1. The van der Waals surface area contributed by atoms with Gasteiger partial charge < -0.3 is 29.7 Å². The molecule has 10 nitrogen and oxygen atoms in total. The minimum Gasteiger partial charge on any atom is -0.455 e. The summed E-state index contributed by atoms with van der Waals surface area (Å²) in [5.74, 6) is -3.67. The molecule has 256 valence electrons. The smallest absolute Gasteiger partial charge is 0.313 e. The second-order valence-electron chi connectivity index (χ2n) is 12.9. The number of nitrogens with one attached hydrogen (secondary N) is 1. The van der Waals surface area contributed by atoms with E-state index in [0.717, 1.165) is 5.56 Å². The van der Waals surface area contributed by atoms with E-state index in [4.69, 9.17) is 9.47 Å². The van der Waals surface area contributed by atoms with Gasteiger partial charge >= 0.3 is 5.97 Å². The molecule has 3 amide bonds. The number of hydrogen-bond acceptors (Lipinski definition) is 7. The van der Waals surface area contributed by atoms with Crippen molar-refractivity contribution >= 4 is 39.6 Å². The molecule has 3 fully saturated rings. The number of hydrogen-bond donors (Lipinski definition) is 2. The molecule has 5 rings (SSSR count). The van der Waals surface area contributed by atoms with Crippen LogP contribution in [-0.2, 0) is 35.2 Å². The van der Waals surface area contributed by atoms with Crippen molar-refractivity contribution in [2.24, 2.45) is 11.8 Å². The number of aliphatic hydroxyl groups excluding tert-OH is 1. The zero-order chi connectivity index (χ0) is 34.6. The van der Waals surface area contributed by atoms with E-state index in [1.807, 2.05) is 60.7 Å². The van der Waals surface area contributed by atoms with Crippen LogP contribution in [0, 0.1) is 11.8 Å². The first-order valence-electron chi connectivity index (χ1n) is 16.4. The van der Waals surface area contributed by atoms with E-state index in [2.05, 4.69) is 34.4 Å². The molecule has 1 unspecified atom stereocenters. The van der Waals surface area contributed by atoms with Crippen LogP contribution >= 0.6 is 15.9 Å². The summed E-state index contributed by atoms with van der Waals surface area (Å²) in [6.45, 7) is 11.1. The van der Waals surface area contributed by atoms with Gasteiger partial charge in [-0.1, -0.05) is 88.7 Å². The van der Waals surface area contributed by atoms with Crippen LogP contribution in [0.4, 0.5) is 0 Å². The number of rotatable bonds is 15. The van der Waals surface area contributed by atoms with Crippen molar-refractivity contribution in [2.75, 3.05) is 13.2 Å². The lowest BCUT2D eigenvalue weighted by atomic mass is 9.70. The Labute approximate surface area is 290 Å². The number of alkyl halides is 1. The van der Waals surface area contributed by atoms with Gasteiger partial charge in [0.05, 0.1) is 36.6 Å². The minimum absolute atomic E-state index is 0.206. The van der Waals surface area contributed by atoms with E-state index >= 15 is 0 Å². The molecule has 2 aromatic carbocycles. The van der Waals surface area contributed by atoms with Crippen LogP contribution in [0.2, 0.25) is 0 Å². The number of ether oxygens (including phenoxy) is 2. The van der Waals surface area contributed by atoms with Crippen molar-refractivity contribution < 1.29 is 33.8 Å². The van der Waals surface area contributed by atoms with Crippen molar-refractivity contribution in [1.29, 1.82) is 0 Å². The predicted octanol–water partition coefficient (Wildman–Crippen LogP) is 4.09. The lowest BCUT2D eigenvalue weighted by Crippen LogP contribution is -2.58. The van der Waals surface area contributed by atoms with Gasteiger partial charge in [0, 0.05) is 24.3 Å². The summed E-state index contributed by atoms with van der Waals surface area (Å²) in [6.07, 6.45) is 2.77. The third-order valence-electron chi connectivity index (χ3n) is 9.64. The Balaban J connectivity index is 1.48. The van der Waals surface area contributed by atoms with E-state index in [-0.39, 0.29) is 42.8 Å². The molecular weight excluding hydrogens is 678 g/mol. The highest BCUT2D eigenvalue weighted by Crippen LogP contribution is 2.61. The van der Waals surface area contributed by atoms with Gasteiger partial charge in [-0.3, -0.25) is 19.2 Å². The van der Waals surface area contributed by atoms with E-state index in [1.54, 1.807) is 30.9 Å². The maximum absolute atomic E-state index is 14.6. The fourth-order valence-corrected chi connectivity index (χ4v) is 8.43. The number of likely N-dealkylation sites (tertiary alicyclic amines) is 1. The summed E-state index contributed by atoms with van der Waals surface area (Å²) >= 11 is 3.71. The Hall–Kier alpha value is -3.80. The topological polar surface area (TPSA) is 125 Å². The Bertz CT molecular complexity index is 1510. The van der Waals surface area contributed by atoms with E-state index in [9.17, 15) is 24.3 Å². The van der Waals surface area contributed by atoms with Crippen molar-refractivity contribution in [3.63, 3.8) is 0 Å². The summed E-state index contributed by atoms with van der Waals surface area (Å²) in [4.78, 5) is 58.7. The van der Waals surface area contributed by atoms with Gasteiger partial charge in [-0.25, -0.2) is 0 Å². The largest absolute Gasteiger partial charge is 0.455 e. The third kappa shape index (κ3) is 6.73. The molecule has 3 aliphatic heterocycles. The number of halogens is 1. The zero-order valence-electron chi connectivity index (χ0n) is 27.4. The predicted molar refractivity (Wildman–Crippen MR) is 183 cm³/mol. The average Bonchev–Trinajstić information content (AvgIpc) is 3.69. The first-order chi connectivity index (χ1) is 23.1. The van der Waals surface area contributed by atoms with Gasteiger partial charge in [-0.05, 0) is 37.8 Å². The highest BCUT2D eigenvalue weighted by atomic mass is 79.9. The van der Waals surface area contributed by atoms with E-state index < -0.39 is 59.6 Å². The van der Waals surface area contributed by atoms with Crippen LogP contribution in [0.15, 0.2) is 86.0 Å². The zero-order valence-corrected chi connectivity index (χ0v) is 29.0. The second-order valence-corrected chi connectivity index (χ2v) is 14.1. The summed E-state index contributed by atoms with van der Waals surface area (Å²) in [5.41, 5.74) is 0.254. The van der Waals surface area contributed by atoms with Gasteiger partial charge in [0.1, 0.15) is 17.7 Å². The van der Waals surface area contributed by atoms with Crippen LogP contribution in [0.1, 0.15) is 50.3 Å². The standard InChI is InChI=1S/C37H44BrN3O7/c1-5-7-18-28(43)39-24(4)31(26-16-12-9-13-17-26)47-36(46)29-30-34(44)41(23(3)22-42)33(37(30)20-27(38)32(29)48-37)35(45)40(19-6-2)21-25-14-10-8-11-15-25/h5-6,8-17,23-24,27,29-33,42H,1-2,7,18-22H2,3-4H3,(H,39,43)/t23-,24-,27?,29-,30+,31-,32-,33-,37+/m1/s1. The maximum atomic E-state index is 14.6. The summed E-state index contributed by atoms with van der Waals surface area (Å²) in [6, 6.07) is 16.2. The molecule has 0 aromatic heterocycles. The average molecular weight is 723 g/mol. The molecular formula is C37H44BrN3O7. The fourth-order valence-electron chi connectivity index (χ4n) is 7.48. The Morgan fingerprint density at radius 3 is 2.42 bits per heavy atom. The molecule has 0 saturated carbocycles. The molecule has 2 N–H and O–H groups in total. The maximum Gasteiger partial charge on any atom is 0.313 e. The van der Waals surface area contributed by atoms with Crippen molar-refractivity contribution in [3.05, 3.63) is 97.1 Å². The lowest BCUT2D eigenvalue weighted by Gasteiger charge is -2.38. The van der Waals surface area contributed by atoms with Gasteiger partial charge in [-0.15, -0.1) is 13.2 Å². The monoisotopic (exact) mass is 721 g/mol. The molecule has 2 bridgehead atoms. The molecule has 3 saturated heterocycles. The van der Waals surface area contributed by atoms with Crippen LogP contribution in [0.3, 0.4) is 0 Å². The van der Waals surface area contributed by atoms with Gasteiger partial charge in [0.25, 0.3) is 0 Å². The molecule has 2 aromatic rings. The summed E-state index contributed by atoms with van der Waals surface area (Å²) in [7, 11) is 0. The van der Waals surface area contributed by atoms with Crippen molar-refractivity contribution in [2.45, 2.75) is 80.4 Å². The highest BCUT2D eigenvalue weighted by molar-refractivity contribution is 9.09. The Kier molecular flexibility index (Phi) is 11.2. The quantitative estimate of drug-likeness (QED) is 0.161. The SMILES string of the molecule is C=CCCC(=O)N[C@H](C)[C@@H](OC(=O)[C@H]1[C@@H]2O[C@@]3(CC2Br)[C@@H]1C(=O)N([C@H](C)CO)[C@@H]3C(=O)N(CC=C)Cc1ccccc1)c1ccccc1. The minimum atomic E-state index is -1.33.